The summed E-state index contributed by atoms with van der Waals surface area (Å²) in [6.45, 7) is 0. The molecule has 3 aromatic rings. The molecule has 8 heteroatoms. The minimum atomic E-state index is 0.474. The van der Waals surface area contributed by atoms with Crippen LogP contribution in [0.4, 0.5) is 5.82 Å². The van der Waals surface area contributed by atoms with Crippen molar-refractivity contribution in [1.82, 2.24) is 29.7 Å². The number of hydrogen-bond acceptors (Lipinski definition) is 7. The molecule has 0 aromatic carbocycles. The molecule has 8 nitrogen and oxygen atoms in total. The predicted octanol–water partition coefficient (Wildman–Crippen LogP) is 0.620. The minimum Gasteiger partial charge on any atom is -0.308 e. The first-order valence-electron chi connectivity index (χ1n) is 5.87. The highest BCUT2D eigenvalue weighted by Gasteiger charge is 2.10. The van der Waals surface area contributed by atoms with Crippen molar-refractivity contribution in [3.05, 3.63) is 37.1 Å². The van der Waals surface area contributed by atoms with Crippen LogP contribution in [0, 0.1) is 0 Å². The zero-order chi connectivity index (χ0) is 13.9. The first-order chi connectivity index (χ1) is 9.76. The first kappa shape index (κ1) is 12.2. The van der Waals surface area contributed by atoms with Crippen LogP contribution in [-0.2, 0) is 7.05 Å². The second kappa shape index (κ2) is 5.02. The molecule has 3 heterocycles. The average Bonchev–Trinajstić information content (AvgIpc) is 2.94. The molecule has 100 valence electrons. The molecule has 3 N–H and O–H groups in total. The molecule has 0 saturated heterocycles. The van der Waals surface area contributed by atoms with E-state index in [2.05, 4.69) is 30.5 Å². The lowest BCUT2D eigenvalue weighted by molar-refractivity contribution is 0.768. The van der Waals surface area contributed by atoms with Crippen LogP contribution >= 0.6 is 0 Å². The van der Waals surface area contributed by atoms with Gasteiger partial charge in [-0.15, -0.1) is 0 Å². The normalized spacial score (nSPS) is 10.5. The third kappa shape index (κ3) is 2.31. The van der Waals surface area contributed by atoms with Crippen LogP contribution in [0.15, 0.2) is 37.1 Å². The summed E-state index contributed by atoms with van der Waals surface area (Å²) in [5.74, 6) is 6.44. The molecule has 3 aromatic heterocycles. The third-order valence-electron chi connectivity index (χ3n) is 2.69. The van der Waals surface area contributed by atoms with Crippen molar-refractivity contribution in [1.29, 1.82) is 0 Å². The summed E-state index contributed by atoms with van der Waals surface area (Å²) in [5.41, 5.74) is 4.75. The van der Waals surface area contributed by atoms with Crippen molar-refractivity contribution in [3.8, 4) is 22.8 Å². The van der Waals surface area contributed by atoms with Gasteiger partial charge in [-0.3, -0.25) is 4.68 Å². The van der Waals surface area contributed by atoms with Gasteiger partial charge in [-0.25, -0.2) is 25.8 Å². The second-order valence-corrected chi connectivity index (χ2v) is 4.10. The Kier molecular flexibility index (Phi) is 3.05. The van der Waals surface area contributed by atoms with E-state index >= 15 is 0 Å². The van der Waals surface area contributed by atoms with Crippen molar-refractivity contribution < 1.29 is 0 Å². The van der Waals surface area contributed by atoms with Gasteiger partial charge < -0.3 is 5.43 Å². The van der Waals surface area contributed by atoms with Gasteiger partial charge in [-0.05, 0) is 6.07 Å². The number of nitrogens with zero attached hydrogens (tertiary/aromatic N) is 6. The van der Waals surface area contributed by atoms with E-state index < -0.39 is 0 Å². The van der Waals surface area contributed by atoms with Crippen LogP contribution in [0.5, 0.6) is 0 Å². The van der Waals surface area contributed by atoms with Crippen molar-refractivity contribution in [3.63, 3.8) is 0 Å². The maximum absolute atomic E-state index is 5.46. The Balaban J connectivity index is 2.12. The number of anilines is 1. The molecule has 0 saturated carbocycles. The highest BCUT2D eigenvalue weighted by Crippen LogP contribution is 2.22. The highest BCUT2D eigenvalue weighted by molar-refractivity contribution is 5.64. The lowest BCUT2D eigenvalue weighted by Gasteiger charge is -2.05. The van der Waals surface area contributed by atoms with E-state index in [1.807, 2.05) is 13.2 Å². The van der Waals surface area contributed by atoms with Gasteiger partial charge in [0.15, 0.2) is 5.82 Å². The summed E-state index contributed by atoms with van der Waals surface area (Å²) in [4.78, 5) is 16.8. The Morgan fingerprint density at radius 3 is 2.80 bits per heavy atom. The van der Waals surface area contributed by atoms with Crippen LogP contribution in [0.3, 0.4) is 0 Å². The lowest BCUT2D eigenvalue weighted by Crippen LogP contribution is -2.10. The van der Waals surface area contributed by atoms with Gasteiger partial charge in [-0.2, -0.15) is 5.10 Å². The number of rotatable bonds is 3. The number of hydrazine groups is 1. The Morgan fingerprint density at radius 1 is 1.25 bits per heavy atom. The van der Waals surface area contributed by atoms with Crippen LogP contribution in [0.1, 0.15) is 0 Å². The monoisotopic (exact) mass is 268 g/mol. The molecule has 0 unspecified atom stereocenters. The van der Waals surface area contributed by atoms with E-state index in [0.29, 0.717) is 17.3 Å². The number of hydrogen-bond donors (Lipinski definition) is 2. The van der Waals surface area contributed by atoms with Gasteiger partial charge in [0.1, 0.15) is 17.8 Å². The second-order valence-electron chi connectivity index (χ2n) is 4.10. The standard InChI is InChI=1S/C12H12N8/c1-20-6-8(5-16-20)10-4-11(19-13)18-12(17-10)9-2-3-14-7-15-9/h2-7H,13H2,1H3,(H,17,18,19). The predicted molar refractivity (Wildman–Crippen MR) is 73.1 cm³/mol. The van der Waals surface area contributed by atoms with Gasteiger partial charge >= 0.3 is 0 Å². The Hall–Kier alpha value is -2.87. The van der Waals surface area contributed by atoms with Crippen LogP contribution in [-0.4, -0.2) is 29.7 Å². The smallest absolute Gasteiger partial charge is 0.180 e. The SMILES string of the molecule is Cn1cc(-c2cc(NN)nc(-c3ccncn3)n2)cn1. The van der Waals surface area contributed by atoms with Crippen LogP contribution in [0.25, 0.3) is 22.8 Å². The first-order valence-corrected chi connectivity index (χ1v) is 5.87. The Morgan fingerprint density at radius 2 is 2.15 bits per heavy atom. The third-order valence-corrected chi connectivity index (χ3v) is 2.69. The number of nitrogen functional groups attached to an aromatic ring is 1. The van der Waals surface area contributed by atoms with E-state index in [0.717, 1.165) is 11.3 Å². The maximum Gasteiger partial charge on any atom is 0.180 e. The summed E-state index contributed by atoms with van der Waals surface area (Å²) in [5, 5.41) is 4.13. The molecule has 0 fully saturated rings. The molecule has 20 heavy (non-hydrogen) atoms. The summed E-state index contributed by atoms with van der Waals surface area (Å²) < 4.78 is 1.71. The molecule has 0 atom stereocenters. The lowest BCUT2D eigenvalue weighted by atomic mass is 10.2. The van der Waals surface area contributed by atoms with Gasteiger partial charge in [0, 0.05) is 31.1 Å². The van der Waals surface area contributed by atoms with E-state index in [1.54, 1.807) is 29.2 Å². The quantitative estimate of drug-likeness (QED) is 0.529. The van der Waals surface area contributed by atoms with E-state index in [4.69, 9.17) is 5.84 Å². The molecule has 3 rings (SSSR count). The molecule has 0 aliphatic rings. The zero-order valence-electron chi connectivity index (χ0n) is 10.7. The topological polar surface area (TPSA) is 107 Å². The fourth-order valence-corrected chi connectivity index (χ4v) is 1.76. The number of aromatic nitrogens is 6. The fraction of sp³-hybridized carbons (Fsp3) is 0.0833. The molecular formula is C12H12N8. The molecule has 0 aliphatic carbocycles. The van der Waals surface area contributed by atoms with Crippen LogP contribution in [0.2, 0.25) is 0 Å². The van der Waals surface area contributed by atoms with Gasteiger partial charge in [0.2, 0.25) is 0 Å². The van der Waals surface area contributed by atoms with Crippen LogP contribution < -0.4 is 11.3 Å². The molecule has 0 radical (unpaired) electrons. The highest BCUT2D eigenvalue weighted by atomic mass is 15.3. The fourth-order valence-electron chi connectivity index (χ4n) is 1.76. The maximum atomic E-state index is 5.46. The van der Waals surface area contributed by atoms with E-state index in [1.165, 1.54) is 6.33 Å². The number of nitrogens with one attached hydrogen (secondary N) is 1. The van der Waals surface area contributed by atoms with Gasteiger partial charge in [0.05, 0.1) is 11.9 Å². The number of nitrogens with two attached hydrogens (primary N) is 1. The van der Waals surface area contributed by atoms with E-state index in [9.17, 15) is 0 Å². The summed E-state index contributed by atoms with van der Waals surface area (Å²) in [7, 11) is 1.85. The molecule has 0 bridgehead atoms. The summed E-state index contributed by atoms with van der Waals surface area (Å²) >= 11 is 0. The summed E-state index contributed by atoms with van der Waals surface area (Å²) in [6, 6.07) is 3.49. The molecule has 0 spiro atoms. The van der Waals surface area contributed by atoms with E-state index in [-0.39, 0.29) is 0 Å². The average molecular weight is 268 g/mol. The Bertz CT molecular complexity index is 721. The summed E-state index contributed by atoms with van der Waals surface area (Å²) in [6.07, 6.45) is 6.68. The van der Waals surface area contributed by atoms with Crippen molar-refractivity contribution >= 4 is 5.82 Å². The van der Waals surface area contributed by atoms with Gasteiger partial charge in [-0.1, -0.05) is 0 Å². The largest absolute Gasteiger partial charge is 0.308 e. The molecular weight excluding hydrogens is 256 g/mol. The molecule has 0 aliphatic heterocycles. The van der Waals surface area contributed by atoms with Crippen molar-refractivity contribution in [2.45, 2.75) is 0 Å². The van der Waals surface area contributed by atoms with Crippen molar-refractivity contribution in [2.24, 2.45) is 12.9 Å². The van der Waals surface area contributed by atoms with Gasteiger partial charge in [0.25, 0.3) is 0 Å². The number of aryl methyl sites for hydroxylation is 1. The zero-order valence-corrected chi connectivity index (χ0v) is 10.7. The Labute approximate surface area is 114 Å². The minimum absolute atomic E-state index is 0.474. The van der Waals surface area contributed by atoms with Crippen molar-refractivity contribution in [2.75, 3.05) is 5.43 Å². The molecule has 0 amide bonds.